The summed E-state index contributed by atoms with van der Waals surface area (Å²) in [6, 6.07) is 4.11. The van der Waals surface area contributed by atoms with Crippen LogP contribution in [0.5, 0.6) is 0 Å². The minimum absolute atomic E-state index is 0.363. The Morgan fingerprint density at radius 3 is 1.73 bits per heavy atom. The molecule has 1 N–H and O–H groups in total. The smallest absolute Gasteiger partial charge is 0.176 e. The standard InChI is InChI=1S/C32H61N2O3/c1-5-7-8-9-10-11-12-13-14-15-16-17-18-19-25-36-27-30(20-6-2)28-37-29-32(35)26-34-23-21-31(22-24-34)33(3)4/h21-24,30,32,35H,5-20,25-29H2,1-4H3/q+1. The minimum Gasteiger partial charge on any atom is -0.384 e. The highest BCUT2D eigenvalue weighted by molar-refractivity contribution is 5.41. The van der Waals surface area contributed by atoms with E-state index in [1.165, 1.54) is 89.9 Å². The summed E-state index contributed by atoms with van der Waals surface area (Å²) in [7, 11) is 4.05. The van der Waals surface area contributed by atoms with Crippen molar-refractivity contribution in [3.63, 3.8) is 0 Å². The van der Waals surface area contributed by atoms with Gasteiger partial charge in [0.1, 0.15) is 6.10 Å². The second-order valence-electron chi connectivity index (χ2n) is 11.2. The van der Waals surface area contributed by atoms with Crippen LogP contribution in [0.3, 0.4) is 0 Å². The maximum atomic E-state index is 10.4. The van der Waals surface area contributed by atoms with E-state index in [2.05, 4.69) is 30.9 Å². The lowest BCUT2D eigenvalue weighted by molar-refractivity contribution is -0.703. The third-order valence-corrected chi connectivity index (χ3v) is 7.17. The molecule has 0 aliphatic carbocycles. The molecule has 0 saturated heterocycles. The maximum absolute atomic E-state index is 10.4. The molecule has 2 unspecified atom stereocenters. The van der Waals surface area contributed by atoms with Crippen molar-refractivity contribution >= 4 is 5.69 Å². The second kappa shape index (κ2) is 23.9. The van der Waals surface area contributed by atoms with Gasteiger partial charge < -0.3 is 19.5 Å². The first kappa shape index (κ1) is 33.9. The molecule has 2 atom stereocenters. The molecule has 5 heteroatoms. The van der Waals surface area contributed by atoms with Gasteiger partial charge in [-0.1, -0.05) is 104 Å². The summed E-state index contributed by atoms with van der Waals surface area (Å²) in [5.41, 5.74) is 1.15. The number of aromatic nitrogens is 1. The summed E-state index contributed by atoms with van der Waals surface area (Å²) in [5, 5.41) is 10.4. The van der Waals surface area contributed by atoms with E-state index in [1.807, 2.05) is 31.1 Å². The predicted molar refractivity (Wildman–Crippen MR) is 157 cm³/mol. The van der Waals surface area contributed by atoms with Gasteiger partial charge in [0.25, 0.3) is 0 Å². The zero-order valence-electron chi connectivity index (χ0n) is 25.0. The Balaban J connectivity index is 1.98. The second-order valence-corrected chi connectivity index (χ2v) is 11.2. The highest BCUT2D eigenvalue weighted by Crippen LogP contribution is 2.14. The third-order valence-electron chi connectivity index (χ3n) is 7.17. The van der Waals surface area contributed by atoms with Crippen LogP contribution in [0.1, 0.15) is 117 Å². The summed E-state index contributed by atoms with van der Waals surface area (Å²) in [4.78, 5) is 2.07. The average Bonchev–Trinajstić information content (AvgIpc) is 2.88. The van der Waals surface area contributed by atoms with Crippen molar-refractivity contribution in [3.8, 4) is 0 Å². The van der Waals surface area contributed by atoms with E-state index in [-0.39, 0.29) is 0 Å². The van der Waals surface area contributed by atoms with Gasteiger partial charge in [0, 0.05) is 44.4 Å². The van der Waals surface area contributed by atoms with Crippen molar-refractivity contribution in [3.05, 3.63) is 24.5 Å². The van der Waals surface area contributed by atoms with Gasteiger partial charge in [0.05, 0.1) is 19.8 Å². The SMILES string of the molecule is CCCCCCCCCCCCCCCCOCC(CCC)COCC(O)C[n+]1ccc(N(C)C)cc1. The molecule has 0 aliphatic rings. The van der Waals surface area contributed by atoms with Crippen LogP contribution in [0.15, 0.2) is 24.5 Å². The first-order chi connectivity index (χ1) is 18.1. The van der Waals surface area contributed by atoms with Gasteiger partial charge in [-0.25, -0.2) is 4.57 Å². The average molecular weight is 522 g/mol. The van der Waals surface area contributed by atoms with Crippen molar-refractivity contribution in [2.75, 3.05) is 45.4 Å². The molecule has 37 heavy (non-hydrogen) atoms. The lowest BCUT2D eigenvalue weighted by atomic mass is 10.0. The molecule has 1 heterocycles. The molecule has 0 aromatic carbocycles. The van der Waals surface area contributed by atoms with Crippen LogP contribution in [0, 0.1) is 5.92 Å². The molecule has 1 aromatic heterocycles. The molecule has 0 amide bonds. The van der Waals surface area contributed by atoms with Crippen LogP contribution in [0.2, 0.25) is 0 Å². The quantitative estimate of drug-likeness (QED) is 0.102. The van der Waals surface area contributed by atoms with Crippen LogP contribution < -0.4 is 9.47 Å². The van der Waals surface area contributed by atoms with Crippen LogP contribution in [0.25, 0.3) is 0 Å². The number of aliphatic hydroxyl groups excluding tert-OH is 1. The van der Waals surface area contributed by atoms with Crippen molar-refractivity contribution in [2.24, 2.45) is 5.92 Å². The number of hydrogen-bond acceptors (Lipinski definition) is 4. The van der Waals surface area contributed by atoms with E-state index in [9.17, 15) is 5.11 Å². The Hall–Kier alpha value is -1.17. The molecule has 0 aliphatic heterocycles. The number of ether oxygens (including phenoxy) is 2. The molecule has 216 valence electrons. The van der Waals surface area contributed by atoms with Crippen molar-refractivity contribution < 1.29 is 19.1 Å². The molecule has 0 spiro atoms. The van der Waals surface area contributed by atoms with Crippen LogP contribution in [0.4, 0.5) is 5.69 Å². The zero-order chi connectivity index (χ0) is 27.0. The van der Waals surface area contributed by atoms with Gasteiger partial charge in [-0.05, 0) is 12.8 Å². The third kappa shape index (κ3) is 19.5. The van der Waals surface area contributed by atoms with Crippen LogP contribution in [-0.4, -0.2) is 51.7 Å². The van der Waals surface area contributed by atoms with E-state index in [4.69, 9.17) is 9.47 Å². The van der Waals surface area contributed by atoms with Crippen LogP contribution >= 0.6 is 0 Å². The van der Waals surface area contributed by atoms with E-state index < -0.39 is 6.10 Å². The largest absolute Gasteiger partial charge is 0.384 e. The number of rotatable bonds is 26. The van der Waals surface area contributed by atoms with Gasteiger partial charge in [-0.3, -0.25) is 0 Å². The molecule has 0 bridgehead atoms. The number of pyridine rings is 1. The number of hydrogen-bond donors (Lipinski definition) is 1. The lowest BCUT2D eigenvalue weighted by Gasteiger charge is -2.17. The molecule has 0 saturated carbocycles. The minimum atomic E-state index is -0.506. The normalized spacial score (nSPS) is 13.1. The van der Waals surface area contributed by atoms with Gasteiger partial charge in [0.2, 0.25) is 0 Å². The topological polar surface area (TPSA) is 45.8 Å². The van der Waals surface area contributed by atoms with E-state index >= 15 is 0 Å². The van der Waals surface area contributed by atoms with Gasteiger partial charge in [-0.15, -0.1) is 0 Å². The maximum Gasteiger partial charge on any atom is 0.176 e. The zero-order valence-corrected chi connectivity index (χ0v) is 25.0. The lowest BCUT2D eigenvalue weighted by Crippen LogP contribution is -2.41. The van der Waals surface area contributed by atoms with Gasteiger partial charge in [-0.2, -0.15) is 0 Å². The molecular weight excluding hydrogens is 460 g/mol. The summed E-state index contributed by atoms with van der Waals surface area (Å²) >= 11 is 0. The summed E-state index contributed by atoms with van der Waals surface area (Å²) in [5.74, 6) is 0.413. The first-order valence-electron chi connectivity index (χ1n) is 15.6. The summed E-state index contributed by atoms with van der Waals surface area (Å²) < 4.78 is 13.9. The van der Waals surface area contributed by atoms with Crippen molar-refractivity contribution in [1.29, 1.82) is 0 Å². The number of anilines is 1. The Bertz CT molecular complexity index is 609. The first-order valence-corrected chi connectivity index (χ1v) is 15.6. The van der Waals surface area contributed by atoms with E-state index in [1.54, 1.807) is 0 Å². The molecular formula is C32H61N2O3+. The summed E-state index contributed by atoms with van der Waals surface area (Å²) in [6.07, 6.45) is 25.1. The summed E-state index contributed by atoms with van der Waals surface area (Å²) in [6.45, 7) is 7.69. The molecule has 5 nitrogen and oxygen atoms in total. The number of aliphatic hydroxyl groups is 1. The molecule has 0 fully saturated rings. The Kier molecular flexibility index (Phi) is 21.9. The van der Waals surface area contributed by atoms with Crippen molar-refractivity contribution in [2.45, 2.75) is 129 Å². The molecule has 0 radical (unpaired) electrons. The fourth-order valence-electron chi connectivity index (χ4n) is 4.81. The Labute approximate surface area is 229 Å². The van der Waals surface area contributed by atoms with E-state index in [0.717, 1.165) is 31.7 Å². The fraction of sp³-hybridized carbons (Fsp3) is 0.844. The Morgan fingerprint density at radius 1 is 0.703 bits per heavy atom. The fourth-order valence-corrected chi connectivity index (χ4v) is 4.81. The highest BCUT2D eigenvalue weighted by Gasteiger charge is 2.14. The molecule has 1 aromatic rings. The monoisotopic (exact) mass is 521 g/mol. The number of unbranched alkanes of at least 4 members (excludes halogenated alkanes) is 13. The molecule has 1 rings (SSSR count). The predicted octanol–water partition coefficient (Wildman–Crippen LogP) is 7.33. The van der Waals surface area contributed by atoms with Crippen molar-refractivity contribution in [1.82, 2.24) is 0 Å². The number of nitrogens with zero attached hydrogens (tertiary/aromatic N) is 2. The van der Waals surface area contributed by atoms with E-state index in [0.29, 0.717) is 25.7 Å². The van der Waals surface area contributed by atoms with Crippen LogP contribution in [-0.2, 0) is 16.0 Å². The Morgan fingerprint density at radius 2 is 1.22 bits per heavy atom. The van der Waals surface area contributed by atoms with Gasteiger partial charge >= 0.3 is 0 Å². The highest BCUT2D eigenvalue weighted by atomic mass is 16.5. The van der Waals surface area contributed by atoms with Gasteiger partial charge in [0.15, 0.2) is 18.9 Å².